The number of fused-ring (bicyclic) bond motifs is 11. The van der Waals surface area contributed by atoms with E-state index in [0.717, 1.165) is 66.6 Å². The molecule has 0 spiro atoms. The normalized spacial score (nSPS) is 13.0. The van der Waals surface area contributed by atoms with Gasteiger partial charge in [0.2, 0.25) is 0 Å². The largest absolute Gasteiger partial charge is 0.455 e. The number of nitrogens with zero attached hydrogens (tertiary/aromatic N) is 2. The molecule has 0 amide bonds. The molecule has 0 N–H and O–H groups in total. The molecular formula is C61H42N2O. The number of benzene rings is 10. The Hall–Kier alpha value is -8.14. The van der Waals surface area contributed by atoms with Crippen molar-refractivity contribution in [3.8, 4) is 39.1 Å². The molecule has 1 aliphatic rings. The van der Waals surface area contributed by atoms with E-state index < -0.39 is 0 Å². The van der Waals surface area contributed by atoms with E-state index in [0.29, 0.717) is 0 Å². The van der Waals surface area contributed by atoms with Gasteiger partial charge in [0.05, 0.1) is 16.7 Å². The molecule has 12 aromatic rings. The Labute approximate surface area is 371 Å². The van der Waals surface area contributed by atoms with Crippen LogP contribution in [-0.4, -0.2) is 4.57 Å². The van der Waals surface area contributed by atoms with Crippen molar-refractivity contribution in [3.63, 3.8) is 0 Å². The molecule has 0 unspecified atom stereocenters. The van der Waals surface area contributed by atoms with Gasteiger partial charge in [0.15, 0.2) is 0 Å². The summed E-state index contributed by atoms with van der Waals surface area (Å²) in [5, 5.41) is 6.90. The summed E-state index contributed by atoms with van der Waals surface area (Å²) in [7, 11) is 0. The highest BCUT2D eigenvalue weighted by atomic mass is 16.3. The van der Waals surface area contributed by atoms with Gasteiger partial charge in [0.25, 0.3) is 0 Å². The van der Waals surface area contributed by atoms with Crippen molar-refractivity contribution in [1.29, 1.82) is 0 Å². The molecule has 1 aliphatic carbocycles. The van der Waals surface area contributed by atoms with Crippen LogP contribution in [0.15, 0.2) is 223 Å². The molecule has 13 rings (SSSR count). The van der Waals surface area contributed by atoms with Crippen LogP contribution in [0.3, 0.4) is 0 Å². The van der Waals surface area contributed by atoms with Gasteiger partial charge in [-0.05, 0) is 105 Å². The number of furan rings is 1. The second kappa shape index (κ2) is 13.9. The van der Waals surface area contributed by atoms with Crippen LogP contribution >= 0.6 is 0 Å². The summed E-state index contributed by atoms with van der Waals surface area (Å²) >= 11 is 0. The number of rotatable bonds is 6. The van der Waals surface area contributed by atoms with Crippen molar-refractivity contribution < 1.29 is 4.42 Å². The third-order valence-electron chi connectivity index (χ3n) is 13.8. The van der Waals surface area contributed by atoms with Crippen LogP contribution in [0.25, 0.3) is 93.6 Å². The fourth-order valence-corrected chi connectivity index (χ4v) is 10.8. The Bertz CT molecular complexity index is 3760. The summed E-state index contributed by atoms with van der Waals surface area (Å²) in [4.78, 5) is 2.46. The van der Waals surface area contributed by atoms with Gasteiger partial charge in [-0.25, -0.2) is 0 Å². The number of anilines is 3. The van der Waals surface area contributed by atoms with Crippen molar-refractivity contribution in [2.45, 2.75) is 19.3 Å². The van der Waals surface area contributed by atoms with Crippen molar-refractivity contribution in [2.24, 2.45) is 0 Å². The van der Waals surface area contributed by atoms with E-state index >= 15 is 0 Å². The van der Waals surface area contributed by atoms with Gasteiger partial charge in [0, 0.05) is 54.8 Å². The summed E-state index contributed by atoms with van der Waals surface area (Å²) < 4.78 is 9.35. The lowest BCUT2D eigenvalue weighted by Crippen LogP contribution is -2.16. The summed E-state index contributed by atoms with van der Waals surface area (Å²) in [6.07, 6.45) is 0. The summed E-state index contributed by atoms with van der Waals surface area (Å²) in [6.45, 7) is 4.72. The Kier molecular flexibility index (Phi) is 7.95. The Morgan fingerprint density at radius 3 is 1.78 bits per heavy atom. The highest BCUT2D eigenvalue weighted by Crippen LogP contribution is 2.52. The van der Waals surface area contributed by atoms with E-state index in [1.165, 1.54) is 55.2 Å². The molecule has 302 valence electrons. The highest BCUT2D eigenvalue weighted by molar-refractivity contribution is 6.22. The van der Waals surface area contributed by atoms with E-state index in [1.807, 2.05) is 0 Å². The average Bonchev–Trinajstić information content (AvgIpc) is 3.98. The first kappa shape index (κ1) is 36.5. The third-order valence-corrected chi connectivity index (χ3v) is 13.8. The molecule has 0 saturated heterocycles. The van der Waals surface area contributed by atoms with Crippen molar-refractivity contribution >= 4 is 71.6 Å². The minimum Gasteiger partial charge on any atom is -0.455 e. The first-order valence-electron chi connectivity index (χ1n) is 22.2. The lowest BCUT2D eigenvalue weighted by molar-refractivity contribution is 0.660. The fourth-order valence-electron chi connectivity index (χ4n) is 10.8. The molecule has 10 aromatic carbocycles. The predicted octanol–water partition coefficient (Wildman–Crippen LogP) is 16.9. The van der Waals surface area contributed by atoms with Crippen LogP contribution < -0.4 is 4.90 Å². The van der Waals surface area contributed by atoms with Crippen LogP contribution in [0.2, 0.25) is 0 Å². The molecule has 2 aromatic heterocycles. The zero-order valence-corrected chi connectivity index (χ0v) is 35.6. The standard InChI is InChI=1S/C61H42N2O/c1-61(2)53-26-11-8-20-46(53)47-35-34-44(37-54(47)61)62(42-32-30-40(31-33-42)39-16-4-3-5-17-39)57-38-52-59-45(25-15-29-58(59)64-60(52)51-24-7-6-23-50(51)57)41-18-14-19-43(36-41)63-55-27-12-9-21-48(55)49-22-10-13-28-56(49)63/h3-38H,1-2H3. The van der Waals surface area contributed by atoms with Crippen molar-refractivity contribution in [1.82, 2.24) is 4.57 Å². The fraction of sp³-hybridized carbons (Fsp3) is 0.0492. The summed E-state index contributed by atoms with van der Waals surface area (Å²) in [6, 6.07) is 79.6. The maximum Gasteiger partial charge on any atom is 0.143 e. The number of para-hydroxylation sites is 2. The van der Waals surface area contributed by atoms with Crippen LogP contribution in [0, 0.1) is 0 Å². The molecule has 3 heteroatoms. The first-order chi connectivity index (χ1) is 31.5. The molecule has 0 fully saturated rings. The summed E-state index contributed by atoms with van der Waals surface area (Å²) in [5.74, 6) is 0. The van der Waals surface area contributed by atoms with Gasteiger partial charge < -0.3 is 13.9 Å². The average molecular weight is 819 g/mol. The number of hydrogen-bond acceptors (Lipinski definition) is 2. The zero-order valence-electron chi connectivity index (χ0n) is 35.6. The molecular weight excluding hydrogens is 777 g/mol. The van der Waals surface area contributed by atoms with Crippen molar-refractivity contribution in [2.75, 3.05) is 4.90 Å². The van der Waals surface area contributed by atoms with Gasteiger partial charge in [-0.2, -0.15) is 0 Å². The maximum absolute atomic E-state index is 6.96. The van der Waals surface area contributed by atoms with Gasteiger partial charge in [-0.3, -0.25) is 0 Å². The third kappa shape index (κ3) is 5.41. The topological polar surface area (TPSA) is 21.3 Å². The second-order valence-electron chi connectivity index (χ2n) is 17.7. The molecule has 0 radical (unpaired) electrons. The maximum atomic E-state index is 6.96. The van der Waals surface area contributed by atoms with E-state index in [1.54, 1.807) is 0 Å². The minimum absolute atomic E-state index is 0.153. The monoisotopic (exact) mass is 818 g/mol. The molecule has 0 atom stereocenters. The SMILES string of the molecule is CC1(C)c2ccccc2-c2ccc(N(c3ccc(-c4ccccc4)cc3)c3cc4c(oc5cccc(-c6cccc(-n7c8ccccc8c8ccccc87)c6)c54)c4ccccc34)cc21. The predicted molar refractivity (Wildman–Crippen MR) is 269 cm³/mol. The van der Waals surface area contributed by atoms with Gasteiger partial charge >= 0.3 is 0 Å². The van der Waals surface area contributed by atoms with Crippen molar-refractivity contribution in [3.05, 3.63) is 230 Å². The van der Waals surface area contributed by atoms with Gasteiger partial charge in [-0.15, -0.1) is 0 Å². The Morgan fingerprint density at radius 1 is 0.406 bits per heavy atom. The molecule has 0 aliphatic heterocycles. The zero-order chi connectivity index (χ0) is 42.5. The molecule has 0 bridgehead atoms. The lowest BCUT2D eigenvalue weighted by Gasteiger charge is -2.29. The molecule has 3 nitrogen and oxygen atoms in total. The molecule has 2 heterocycles. The van der Waals surface area contributed by atoms with Crippen LogP contribution in [-0.2, 0) is 5.41 Å². The molecule has 64 heavy (non-hydrogen) atoms. The van der Waals surface area contributed by atoms with Crippen LogP contribution in [0.1, 0.15) is 25.0 Å². The van der Waals surface area contributed by atoms with Gasteiger partial charge in [-0.1, -0.05) is 172 Å². The first-order valence-corrected chi connectivity index (χ1v) is 22.2. The quantitative estimate of drug-likeness (QED) is 0.167. The Balaban J connectivity index is 1.04. The number of aromatic nitrogens is 1. The second-order valence-corrected chi connectivity index (χ2v) is 17.7. The Morgan fingerprint density at radius 2 is 1.00 bits per heavy atom. The van der Waals surface area contributed by atoms with E-state index in [-0.39, 0.29) is 5.41 Å². The molecule has 0 saturated carbocycles. The highest BCUT2D eigenvalue weighted by Gasteiger charge is 2.36. The van der Waals surface area contributed by atoms with E-state index in [2.05, 4.69) is 242 Å². The van der Waals surface area contributed by atoms with Gasteiger partial charge in [0.1, 0.15) is 11.2 Å². The number of hydrogen-bond donors (Lipinski definition) is 0. The smallest absolute Gasteiger partial charge is 0.143 e. The van der Waals surface area contributed by atoms with Crippen LogP contribution in [0.5, 0.6) is 0 Å². The lowest BCUT2D eigenvalue weighted by atomic mass is 9.82. The van der Waals surface area contributed by atoms with Crippen LogP contribution in [0.4, 0.5) is 17.1 Å². The summed E-state index contributed by atoms with van der Waals surface area (Å²) in [5.41, 5.74) is 18.4. The minimum atomic E-state index is -0.153. The van der Waals surface area contributed by atoms with E-state index in [9.17, 15) is 0 Å². The van der Waals surface area contributed by atoms with E-state index in [4.69, 9.17) is 4.42 Å².